The Morgan fingerprint density at radius 3 is 2.50 bits per heavy atom. The van der Waals surface area contributed by atoms with Crippen molar-refractivity contribution in [2.45, 2.75) is 40.3 Å². The molecule has 0 aromatic heterocycles. The molecule has 0 heterocycles. The van der Waals surface area contributed by atoms with E-state index in [1.54, 1.807) is 18.2 Å². The van der Waals surface area contributed by atoms with E-state index in [0.717, 1.165) is 5.56 Å². The Morgan fingerprint density at radius 1 is 1.30 bits per heavy atom. The highest BCUT2D eigenvalue weighted by Gasteiger charge is 2.21. The Labute approximate surface area is 119 Å². The molecule has 0 bridgehead atoms. The SMILES string of the molecule is CC(NC(=O)NCc1cccc(C(=O)O)c1)C(C)(C)C. The first-order chi connectivity index (χ1) is 9.20. The maximum Gasteiger partial charge on any atom is 0.335 e. The normalized spacial score (nSPS) is 12.6. The van der Waals surface area contributed by atoms with E-state index in [0.29, 0.717) is 6.54 Å². The monoisotopic (exact) mass is 278 g/mol. The van der Waals surface area contributed by atoms with Crippen molar-refractivity contribution in [1.82, 2.24) is 10.6 Å². The molecule has 1 aromatic rings. The Morgan fingerprint density at radius 2 is 1.95 bits per heavy atom. The van der Waals surface area contributed by atoms with Crippen LogP contribution in [0.5, 0.6) is 0 Å². The van der Waals surface area contributed by atoms with Gasteiger partial charge in [0.05, 0.1) is 5.56 Å². The lowest BCUT2D eigenvalue weighted by molar-refractivity contribution is 0.0696. The number of hydrogen-bond donors (Lipinski definition) is 3. The van der Waals surface area contributed by atoms with E-state index in [1.165, 1.54) is 6.07 Å². The molecule has 20 heavy (non-hydrogen) atoms. The van der Waals surface area contributed by atoms with Crippen LogP contribution >= 0.6 is 0 Å². The van der Waals surface area contributed by atoms with Crippen LogP contribution < -0.4 is 10.6 Å². The third-order valence-electron chi connectivity index (χ3n) is 3.27. The molecule has 0 aliphatic carbocycles. The smallest absolute Gasteiger partial charge is 0.335 e. The molecule has 2 amide bonds. The highest BCUT2D eigenvalue weighted by Crippen LogP contribution is 2.18. The summed E-state index contributed by atoms with van der Waals surface area (Å²) >= 11 is 0. The molecule has 5 nitrogen and oxygen atoms in total. The van der Waals surface area contributed by atoms with Gasteiger partial charge in [-0.3, -0.25) is 0 Å². The minimum atomic E-state index is -0.974. The predicted octanol–water partition coefficient (Wildman–Crippen LogP) is 2.62. The van der Waals surface area contributed by atoms with E-state index in [2.05, 4.69) is 10.6 Å². The van der Waals surface area contributed by atoms with Crippen LogP contribution in [0.1, 0.15) is 43.6 Å². The second kappa shape index (κ2) is 6.41. The zero-order valence-corrected chi connectivity index (χ0v) is 12.4. The molecule has 0 aliphatic heterocycles. The molecular weight excluding hydrogens is 256 g/mol. The van der Waals surface area contributed by atoms with Crippen molar-refractivity contribution in [1.29, 1.82) is 0 Å². The van der Waals surface area contributed by atoms with Crippen LogP contribution in [0.4, 0.5) is 4.79 Å². The first-order valence-corrected chi connectivity index (χ1v) is 6.57. The second-order valence-electron chi connectivity index (χ2n) is 5.92. The summed E-state index contributed by atoms with van der Waals surface area (Å²) in [6, 6.07) is 6.29. The molecule has 1 rings (SSSR count). The molecule has 0 saturated heterocycles. The highest BCUT2D eigenvalue weighted by atomic mass is 16.4. The minimum absolute atomic E-state index is 0.0133. The first-order valence-electron chi connectivity index (χ1n) is 6.57. The summed E-state index contributed by atoms with van der Waals surface area (Å²) in [5.74, 6) is -0.974. The largest absolute Gasteiger partial charge is 0.478 e. The summed E-state index contributed by atoms with van der Waals surface area (Å²) in [6.07, 6.45) is 0. The molecule has 0 fully saturated rings. The van der Waals surface area contributed by atoms with Crippen molar-refractivity contribution in [3.63, 3.8) is 0 Å². The average molecular weight is 278 g/mol. The number of nitrogens with one attached hydrogen (secondary N) is 2. The predicted molar refractivity (Wildman–Crippen MR) is 77.7 cm³/mol. The van der Waals surface area contributed by atoms with E-state index in [9.17, 15) is 9.59 Å². The van der Waals surface area contributed by atoms with Gasteiger partial charge in [-0.2, -0.15) is 0 Å². The quantitative estimate of drug-likeness (QED) is 0.792. The Hall–Kier alpha value is -2.04. The number of rotatable bonds is 4. The number of carboxylic acids is 1. The van der Waals surface area contributed by atoms with Gasteiger partial charge >= 0.3 is 12.0 Å². The van der Waals surface area contributed by atoms with Crippen molar-refractivity contribution >= 4 is 12.0 Å². The number of urea groups is 1. The molecule has 3 N–H and O–H groups in total. The van der Waals surface area contributed by atoms with Crippen LogP contribution in [0.25, 0.3) is 0 Å². The lowest BCUT2D eigenvalue weighted by atomic mass is 9.88. The van der Waals surface area contributed by atoms with Gasteiger partial charge in [0.25, 0.3) is 0 Å². The standard InChI is InChI=1S/C15H22N2O3/c1-10(15(2,3)4)17-14(20)16-9-11-6-5-7-12(8-11)13(18)19/h5-8,10H,9H2,1-4H3,(H,18,19)(H2,16,17,20). The maximum absolute atomic E-state index is 11.8. The number of amides is 2. The second-order valence-corrected chi connectivity index (χ2v) is 5.92. The number of carboxylic acid groups (broad SMARTS) is 1. The van der Waals surface area contributed by atoms with Gasteiger partial charge in [-0.05, 0) is 30.0 Å². The average Bonchev–Trinajstić information content (AvgIpc) is 2.35. The number of carbonyl (C=O) groups is 2. The van der Waals surface area contributed by atoms with Crippen LogP contribution in [0.2, 0.25) is 0 Å². The van der Waals surface area contributed by atoms with Crippen LogP contribution in [-0.2, 0) is 6.54 Å². The lowest BCUT2D eigenvalue weighted by Crippen LogP contribution is -2.46. The summed E-state index contributed by atoms with van der Waals surface area (Å²) in [6.45, 7) is 8.39. The Balaban J connectivity index is 2.53. The van der Waals surface area contributed by atoms with Crippen molar-refractivity contribution in [3.05, 3.63) is 35.4 Å². The Bertz CT molecular complexity index is 492. The molecule has 1 aromatic carbocycles. The summed E-state index contributed by atoms with van der Waals surface area (Å²) in [5, 5.41) is 14.5. The summed E-state index contributed by atoms with van der Waals surface area (Å²) in [7, 11) is 0. The molecule has 1 atom stereocenters. The molecule has 1 unspecified atom stereocenters. The molecule has 5 heteroatoms. The van der Waals surface area contributed by atoms with Crippen LogP contribution in [0, 0.1) is 5.41 Å². The maximum atomic E-state index is 11.8. The van der Waals surface area contributed by atoms with E-state index in [4.69, 9.17) is 5.11 Å². The van der Waals surface area contributed by atoms with Crippen LogP contribution in [0.15, 0.2) is 24.3 Å². The van der Waals surface area contributed by atoms with E-state index >= 15 is 0 Å². The van der Waals surface area contributed by atoms with Crippen molar-refractivity contribution in [3.8, 4) is 0 Å². The summed E-state index contributed by atoms with van der Waals surface area (Å²) < 4.78 is 0. The van der Waals surface area contributed by atoms with Gasteiger partial charge in [0.1, 0.15) is 0 Å². The third-order valence-corrected chi connectivity index (χ3v) is 3.27. The van der Waals surface area contributed by atoms with Gasteiger partial charge in [0, 0.05) is 12.6 Å². The number of hydrogen-bond acceptors (Lipinski definition) is 2. The van der Waals surface area contributed by atoms with E-state index < -0.39 is 5.97 Å². The van der Waals surface area contributed by atoms with Gasteiger partial charge in [0.2, 0.25) is 0 Å². The first kappa shape index (κ1) is 16.0. The zero-order valence-electron chi connectivity index (χ0n) is 12.4. The number of carbonyl (C=O) groups excluding carboxylic acids is 1. The van der Waals surface area contributed by atoms with Gasteiger partial charge in [0.15, 0.2) is 0 Å². The fraction of sp³-hybridized carbons (Fsp3) is 0.467. The fourth-order valence-electron chi connectivity index (χ4n) is 1.46. The molecule has 0 aliphatic rings. The van der Waals surface area contributed by atoms with Gasteiger partial charge < -0.3 is 15.7 Å². The topological polar surface area (TPSA) is 78.4 Å². The van der Waals surface area contributed by atoms with Gasteiger partial charge in [-0.25, -0.2) is 9.59 Å². The minimum Gasteiger partial charge on any atom is -0.478 e. The van der Waals surface area contributed by atoms with E-state index in [1.807, 2.05) is 27.7 Å². The molecule has 0 spiro atoms. The molecule has 110 valence electrons. The number of benzene rings is 1. The van der Waals surface area contributed by atoms with Gasteiger partial charge in [-0.15, -0.1) is 0 Å². The molecule has 0 saturated carbocycles. The number of aromatic carboxylic acids is 1. The molecular formula is C15H22N2O3. The summed E-state index contributed by atoms with van der Waals surface area (Å²) in [5.41, 5.74) is 0.955. The van der Waals surface area contributed by atoms with Crippen molar-refractivity contribution < 1.29 is 14.7 Å². The lowest BCUT2D eigenvalue weighted by Gasteiger charge is -2.28. The zero-order chi connectivity index (χ0) is 15.3. The highest BCUT2D eigenvalue weighted by molar-refractivity contribution is 5.87. The molecule has 0 radical (unpaired) electrons. The van der Waals surface area contributed by atoms with E-state index in [-0.39, 0.29) is 23.1 Å². The van der Waals surface area contributed by atoms with Gasteiger partial charge in [-0.1, -0.05) is 32.9 Å². The van der Waals surface area contributed by atoms with Crippen molar-refractivity contribution in [2.24, 2.45) is 5.41 Å². The van der Waals surface area contributed by atoms with Crippen LogP contribution in [-0.4, -0.2) is 23.1 Å². The summed E-state index contributed by atoms with van der Waals surface area (Å²) in [4.78, 5) is 22.6. The fourth-order valence-corrected chi connectivity index (χ4v) is 1.46. The van der Waals surface area contributed by atoms with Crippen molar-refractivity contribution in [2.75, 3.05) is 0 Å². The van der Waals surface area contributed by atoms with Crippen LogP contribution in [0.3, 0.4) is 0 Å². The Kier molecular flexibility index (Phi) is 5.13. The third kappa shape index (κ3) is 4.91.